The maximum Gasteiger partial charge on any atom is 0.276 e. The molecule has 24 heavy (non-hydrogen) atoms. The maximum absolute atomic E-state index is 12.6. The molecule has 0 fully saturated rings. The fourth-order valence-electron chi connectivity index (χ4n) is 1.94. The number of aryl methyl sites for hydroxylation is 1. The van der Waals surface area contributed by atoms with Crippen molar-refractivity contribution >= 4 is 22.8 Å². The van der Waals surface area contributed by atoms with Crippen molar-refractivity contribution in [3.05, 3.63) is 65.7 Å². The Morgan fingerprint density at radius 3 is 2.21 bits per heavy atom. The van der Waals surface area contributed by atoms with Gasteiger partial charge >= 0.3 is 0 Å². The molecule has 0 radical (unpaired) electrons. The van der Waals surface area contributed by atoms with Gasteiger partial charge in [0, 0.05) is 19.3 Å². The molecule has 0 heterocycles. The lowest BCUT2D eigenvalue weighted by atomic mass is 10.2. The van der Waals surface area contributed by atoms with E-state index in [-0.39, 0.29) is 10.3 Å². The predicted octanol–water partition coefficient (Wildman–Crippen LogP) is 3.19. The molecule has 0 aliphatic rings. The third kappa shape index (κ3) is 4.32. The Morgan fingerprint density at radius 1 is 1.08 bits per heavy atom. The molecule has 6 nitrogen and oxygen atoms in total. The van der Waals surface area contributed by atoms with E-state index in [1.54, 1.807) is 42.5 Å². The van der Waals surface area contributed by atoms with Crippen LogP contribution in [0.1, 0.15) is 11.1 Å². The van der Waals surface area contributed by atoms with Crippen molar-refractivity contribution in [3.63, 3.8) is 0 Å². The number of benzene rings is 2. The van der Waals surface area contributed by atoms with E-state index in [0.29, 0.717) is 5.56 Å². The van der Waals surface area contributed by atoms with E-state index < -0.39 is 17.4 Å². The molecule has 0 aliphatic heterocycles. The molecular formula is C16H19N2O4PS. The number of hydrogen-bond donors (Lipinski definition) is 1. The summed E-state index contributed by atoms with van der Waals surface area (Å²) in [4.78, 5) is 2.22. The van der Waals surface area contributed by atoms with Gasteiger partial charge < -0.3 is 4.52 Å². The Hall–Kier alpha value is -1.95. The summed E-state index contributed by atoms with van der Waals surface area (Å²) in [6, 6.07) is 15.0. The van der Waals surface area contributed by atoms with Gasteiger partial charge in [-0.25, -0.2) is 0 Å². The number of hydrazone groups is 1. The van der Waals surface area contributed by atoms with Crippen LogP contribution in [0.15, 0.2) is 64.6 Å². The van der Waals surface area contributed by atoms with Gasteiger partial charge in [-0.3, -0.25) is 4.57 Å². The van der Waals surface area contributed by atoms with Gasteiger partial charge in [0.25, 0.3) is 10.0 Å². The predicted molar refractivity (Wildman–Crippen MR) is 95.0 cm³/mol. The summed E-state index contributed by atoms with van der Waals surface area (Å²) in [5.41, 5.74) is 1.53. The zero-order valence-corrected chi connectivity index (χ0v) is 15.3. The molecule has 0 bridgehead atoms. The number of nitrogens with zero attached hydrogens (tertiary/aromatic N) is 1. The van der Waals surface area contributed by atoms with Crippen molar-refractivity contribution in [2.24, 2.45) is 5.10 Å². The molecule has 1 N–H and O–H groups in total. The third-order valence-electron chi connectivity index (χ3n) is 3.37. The van der Waals surface area contributed by atoms with Crippen molar-refractivity contribution in [1.82, 2.24) is 4.83 Å². The molecule has 0 amide bonds. The smallest absolute Gasteiger partial charge is 0.276 e. The van der Waals surface area contributed by atoms with Crippen LogP contribution in [0.4, 0.5) is 0 Å². The second-order valence-corrected chi connectivity index (χ2v) is 9.38. The third-order valence-corrected chi connectivity index (χ3v) is 6.42. The largest absolute Gasteiger partial charge is 0.328 e. The van der Waals surface area contributed by atoms with Crippen LogP contribution in [-0.2, 0) is 19.1 Å². The average molecular weight is 366 g/mol. The lowest BCUT2D eigenvalue weighted by Gasteiger charge is -2.14. The summed E-state index contributed by atoms with van der Waals surface area (Å²) in [7, 11) is -5.83. The van der Waals surface area contributed by atoms with Crippen molar-refractivity contribution < 1.29 is 17.5 Å². The summed E-state index contributed by atoms with van der Waals surface area (Å²) in [6.45, 7) is 3.25. The highest BCUT2D eigenvalue weighted by Gasteiger charge is 2.26. The van der Waals surface area contributed by atoms with E-state index in [4.69, 9.17) is 4.52 Å². The molecule has 0 saturated heterocycles. The monoisotopic (exact) mass is 366 g/mol. The summed E-state index contributed by atoms with van der Waals surface area (Å²) < 4.78 is 42.3. The highest BCUT2D eigenvalue weighted by molar-refractivity contribution is 7.89. The number of nitrogens with one attached hydrogen (secondary N) is 1. The van der Waals surface area contributed by atoms with Gasteiger partial charge in [-0.1, -0.05) is 48.0 Å². The van der Waals surface area contributed by atoms with E-state index in [2.05, 4.69) is 9.93 Å². The molecule has 128 valence electrons. The normalized spacial score (nSPS) is 14.9. The van der Waals surface area contributed by atoms with Crippen LogP contribution < -0.4 is 4.83 Å². The van der Waals surface area contributed by atoms with Crippen LogP contribution in [0.25, 0.3) is 0 Å². The summed E-state index contributed by atoms with van der Waals surface area (Å²) in [5, 5.41) is 3.90. The maximum atomic E-state index is 12.6. The molecule has 2 rings (SSSR count). The Bertz CT molecular complexity index is 878. The van der Waals surface area contributed by atoms with Gasteiger partial charge in [-0.2, -0.15) is 18.4 Å². The molecule has 0 saturated carbocycles. The lowest BCUT2D eigenvalue weighted by Crippen LogP contribution is -2.21. The number of sulfonamides is 1. The van der Waals surface area contributed by atoms with Crippen LogP contribution >= 0.6 is 7.37 Å². The van der Waals surface area contributed by atoms with E-state index in [1.807, 2.05) is 6.92 Å². The number of hydrogen-bond acceptors (Lipinski definition) is 5. The van der Waals surface area contributed by atoms with Crippen molar-refractivity contribution in [2.75, 3.05) is 13.8 Å². The first-order valence-electron chi connectivity index (χ1n) is 7.12. The minimum atomic E-state index is -3.86. The Kier molecular flexibility index (Phi) is 5.59. The van der Waals surface area contributed by atoms with Crippen LogP contribution in [0, 0.1) is 6.92 Å². The highest BCUT2D eigenvalue weighted by atomic mass is 32.2. The van der Waals surface area contributed by atoms with Crippen LogP contribution in [0.5, 0.6) is 0 Å². The fraction of sp³-hybridized carbons (Fsp3) is 0.188. The molecule has 1 unspecified atom stereocenters. The Labute approximate surface area is 142 Å². The molecule has 1 atom stereocenters. The quantitative estimate of drug-likeness (QED) is 0.483. The molecule has 2 aromatic rings. The van der Waals surface area contributed by atoms with Crippen LogP contribution in [-0.4, -0.2) is 27.6 Å². The van der Waals surface area contributed by atoms with Gasteiger partial charge in [0.1, 0.15) is 0 Å². The summed E-state index contributed by atoms with van der Waals surface area (Å²) in [5.74, 6) is 0. The molecule has 0 spiro atoms. The molecule has 0 aromatic heterocycles. The Balaban J connectivity index is 2.41. The molecule has 0 aliphatic carbocycles. The van der Waals surface area contributed by atoms with E-state index in [0.717, 1.165) is 5.56 Å². The average Bonchev–Trinajstić information content (AvgIpc) is 2.56. The molecular weight excluding hydrogens is 347 g/mol. The highest BCUT2D eigenvalue weighted by Crippen LogP contribution is 2.45. The fourth-order valence-corrected chi connectivity index (χ4v) is 3.84. The van der Waals surface area contributed by atoms with Gasteiger partial charge in [-0.15, -0.1) is 0 Å². The number of rotatable bonds is 6. The first-order valence-corrected chi connectivity index (χ1v) is 10.7. The topological polar surface area (TPSA) is 84.8 Å². The molecule has 2 aromatic carbocycles. The van der Waals surface area contributed by atoms with Gasteiger partial charge in [-0.05, 0) is 19.1 Å². The van der Waals surface area contributed by atoms with Gasteiger partial charge in [0.15, 0.2) is 5.45 Å². The van der Waals surface area contributed by atoms with Crippen molar-refractivity contribution in [1.29, 1.82) is 0 Å². The summed E-state index contributed by atoms with van der Waals surface area (Å²) >= 11 is 0. The minimum Gasteiger partial charge on any atom is -0.328 e. The minimum absolute atomic E-state index is 0.0567. The zero-order valence-electron chi connectivity index (χ0n) is 13.6. The first kappa shape index (κ1) is 18.4. The van der Waals surface area contributed by atoms with Gasteiger partial charge in [0.2, 0.25) is 7.37 Å². The SMILES string of the molecule is COP(C)(=O)/C(=N\NS(=O)(=O)c1ccc(C)cc1)c1ccccc1. The standard InChI is InChI=1S/C16H19N2O4PS/c1-13-9-11-15(12-10-13)24(20,21)18-17-16(23(3,19)22-2)14-7-5-4-6-8-14/h4-12,18H,1-3H3/b17-16-. The van der Waals surface area contributed by atoms with Crippen LogP contribution in [0.3, 0.4) is 0 Å². The van der Waals surface area contributed by atoms with E-state index in [1.165, 1.54) is 25.9 Å². The van der Waals surface area contributed by atoms with E-state index >= 15 is 0 Å². The van der Waals surface area contributed by atoms with Crippen molar-refractivity contribution in [3.8, 4) is 0 Å². The van der Waals surface area contributed by atoms with Crippen molar-refractivity contribution in [2.45, 2.75) is 11.8 Å². The zero-order chi connectivity index (χ0) is 17.8. The first-order chi connectivity index (χ1) is 11.3. The Morgan fingerprint density at radius 2 is 1.67 bits per heavy atom. The second-order valence-electron chi connectivity index (χ2n) is 5.24. The lowest BCUT2D eigenvalue weighted by molar-refractivity contribution is 0.410. The second kappa shape index (κ2) is 7.30. The van der Waals surface area contributed by atoms with Gasteiger partial charge in [0.05, 0.1) is 4.90 Å². The van der Waals surface area contributed by atoms with Crippen LogP contribution in [0.2, 0.25) is 0 Å². The molecule has 8 heteroatoms. The van der Waals surface area contributed by atoms with E-state index in [9.17, 15) is 13.0 Å². The summed E-state index contributed by atoms with van der Waals surface area (Å²) in [6.07, 6.45) is 0.